The van der Waals surface area contributed by atoms with Crippen molar-refractivity contribution in [1.82, 2.24) is 5.32 Å². The summed E-state index contributed by atoms with van der Waals surface area (Å²) >= 11 is 0. The van der Waals surface area contributed by atoms with Gasteiger partial charge >= 0.3 is 0 Å². The third kappa shape index (κ3) is 3.72. The first kappa shape index (κ1) is 18.0. The van der Waals surface area contributed by atoms with Crippen LogP contribution in [-0.2, 0) is 17.8 Å². The standard InChI is InChI=1S/C21H24N2O3/c1-14(2)21(25)23-10-9-16-11-15(7-8-19(16)23)13-22-20(24)17-5-4-6-18(12-17)26-3/h4-8,11-12,14H,9-10,13H2,1-3H3,(H,22,24). The third-order valence-electron chi connectivity index (χ3n) is 4.58. The first-order valence-electron chi connectivity index (χ1n) is 8.85. The first-order chi connectivity index (χ1) is 12.5. The molecule has 2 aromatic rings. The van der Waals surface area contributed by atoms with Crippen molar-refractivity contribution >= 4 is 17.5 Å². The fourth-order valence-corrected chi connectivity index (χ4v) is 3.15. The molecule has 136 valence electrons. The summed E-state index contributed by atoms with van der Waals surface area (Å²) in [4.78, 5) is 26.5. The van der Waals surface area contributed by atoms with Gasteiger partial charge in [0.25, 0.3) is 5.91 Å². The van der Waals surface area contributed by atoms with Crippen molar-refractivity contribution in [2.24, 2.45) is 5.92 Å². The minimum Gasteiger partial charge on any atom is -0.497 e. The summed E-state index contributed by atoms with van der Waals surface area (Å²) in [5.74, 6) is 0.664. The molecular formula is C21H24N2O3. The molecule has 0 aliphatic carbocycles. The van der Waals surface area contributed by atoms with Gasteiger partial charge in [-0.3, -0.25) is 9.59 Å². The Bertz CT molecular complexity index is 830. The lowest BCUT2D eigenvalue weighted by atomic mass is 10.1. The Morgan fingerprint density at radius 1 is 1.19 bits per heavy atom. The Labute approximate surface area is 154 Å². The molecule has 5 nitrogen and oxygen atoms in total. The summed E-state index contributed by atoms with van der Waals surface area (Å²) in [6.07, 6.45) is 0.853. The predicted octanol–water partition coefficient (Wildman–Crippen LogP) is 3.17. The smallest absolute Gasteiger partial charge is 0.251 e. The number of nitrogens with zero attached hydrogens (tertiary/aromatic N) is 1. The molecule has 5 heteroatoms. The fourth-order valence-electron chi connectivity index (χ4n) is 3.15. The molecule has 0 fully saturated rings. The molecule has 1 N–H and O–H groups in total. The summed E-state index contributed by atoms with van der Waals surface area (Å²) in [6, 6.07) is 13.1. The van der Waals surface area contributed by atoms with Gasteiger partial charge in [0.15, 0.2) is 0 Å². The van der Waals surface area contributed by atoms with Gasteiger partial charge < -0.3 is 15.0 Å². The number of carbonyl (C=O) groups excluding carboxylic acids is 2. The van der Waals surface area contributed by atoms with Crippen LogP contribution in [0.3, 0.4) is 0 Å². The molecule has 26 heavy (non-hydrogen) atoms. The lowest BCUT2D eigenvalue weighted by molar-refractivity contribution is -0.121. The number of carbonyl (C=O) groups is 2. The number of benzene rings is 2. The SMILES string of the molecule is COc1cccc(C(=O)NCc2ccc3c(c2)CCN3C(=O)C(C)C)c1. The van der Waals surface area contributed by atoms with Crippen molar-refractivity contribution in [3.8, 4) is 5.75 Å². The highest BCUT2D eigenvalue weighted by Crippen LogP contribution is 2.30. The highest BCUT2D eigenvalue weighted by atomic mass is 16.5. The quantitative estimate of drug-likeness (QED) is 0.899. The van der Waals surface area contributed by atoms with Crippen molar-refractivity contribution in [2.45, 2.75) is 26.8 Å². The van der Waals surface area contributed by atoms with Gasteiger partial charge in [0.1, 0.15) is 5.75 Å². The van der Waals surface area contributed by atoms with E-state index < -0.39 is 0 Å². The highest BCUT2D eigenvalue weighted by molar-refractivity contribution is 5.97. The Balaban J connectivity index is 1.67. The largest absolute Gasteiger partial charge is 0.497 e. The predicted molar refractivity (Wildman–Crippen MR) is 102 cm³/mol. The zero-order chi connectivity index (χ0) is 18.7. The van der Waals surface area contributed by atoms with Crippen LogP contribution in [0.25, 0.3) is 0 Å². The van der Waals surface area contributed by atoms with Crippen molar-refractivity contribution in [1.29, 1.82) is 0 Å². The Morgan fingerprint density at radius 3 is 2.73 bits per heavy atom. The van der Waals surface area contributed by atoms with Crippen molar-refractivity contribution in [3.05, 3.63) is 59.2 Å². The molecule has 0 spiro atoms. The van der Waals surface area contributed by atoms with Gasteiger partial charge in [-0.25, -0.2) is 0 Å². The third-order valence-corrected chi connectivity index (χ3v) is 4.58. The van der Waals surface area contributed by atoms with E-state index in [2.05, 4.69) is 11.4 Å². The van der Waals surface area contributed by atoms with Crippen LogP contribution in [0.2, 0.25) is 0 Å². The molecule has 1 aliphatic rings. The molecule has 0 unspecified atom stereocenters. The van der Waals surface area contributed by atoms with Crippen LogP contribution in [0.1, 0.15) is 35.3 Å². The molecule has 0 radical (unpaired) electrons. The summed E-state index contributed by atoms with van der Waals surface area (Å²) in [6.45, 7) is 5.01. The van der Waals surface area contributed by atoms with Crippen LogP contribution < -0.4 is 15.0 Å². The molecule has 2 amide bonds. The van der Waals surface area contributed by atoms with Gasteiger partial charge in [0, 0.05) is 30.3 Å². The Hall–Kier alpha value is -2.82. The Kier molecular flexibility index (Phi) is 5.26. The number of hydrogen-bond donors (Lipinski definition) is 1. The van der Waals surface area contributed by atoms with Crippen LogP contribution in [0.5, 0.6) is 5.75 Å². The summed E-state index contributed by atoms with van der Waals surface area (Å²) in [5, 5.41) is 2.93. The van der Waals surface area contributed by atoms with E-state index in [1.807, 2.05) is 36.9 Å². The fraction of sp³-hybridized carbons (Fsp3) is 0.333. The van der Waals surface area contributed by atoms with E-state index in [9.17, 15) is 9.59 Å². The Morgan fingerprint density at radius 2 is 2.00 bits per heavy atom. The molecule has 0 aromatic heterocycles. The number of methoxy groups -OCH3 is 1. The van der Waals surface area contributed by atoms with Crippen molar-refractivity contribution in [3.63, 3.8) is 0 Å². The van der Waals surface area contributed by atoms with Crippen LogP contribution in [0, 0.1) is 5.92 Å². The van der Waals surface area contributed by atoms with Gasteiger partial charge in [0.2, 0.25) is 5.91 Å². The maximum atomic E-state index is 12.3. The van der Waals surface area contributed by atoms with Gasteiger partial charge in [-0.05, 0) is 41.8 Å². The molecule has 0 saturated carbocycles. The minimum absolute atomic E-state index is 0.0113. The summed E-state index contributed by atoms with van der Waals surface area (Å²) in [5.41, 5.74) is 3.75. The van der Waals surface area contributed by atoms with E-state index >= 15 is 0 Å². The molecule has 1 heterocycles. The second kappa shape index (κ2) is 7.60. The molecule has 1 aliphatic heterocycles. The first-order valence-corrected chi connectivity index (χ1v) is 8.85. The van der Waals surface area contributed by atoms with E-state index in [0.29, 0.717) is 17.9 Å². The maximum Gasteiger partial charge on any atom is 0.251 e. The topological polar surface area (TPSA) is 58.6 Å². The number of rotatable bonds is 5. The summed E-state index contributed by atoms with van der Waals surface area (Å²) in [7, 11) is 1.58. The molecule has 0 atom stereocenters. The second-order valence-corrected chi connectivity index (χ2v) is 6.77. The average molecular weight is 352 g/mol. The minimum atomic E-state index is -0.138. The number of anilines is 1. The van der Waals surface area contributed by atoms with E-state index in [-0.39, 0.29) is 17.7 Å². The molecule has 3 rings (SSSR count). The van der Waals surface area contributed by atoms with Crippen LogP contribution >= 0.6 is 0 Å². The number of nitrogens with one attached hydrogen (secondary N) is 1. The maximum absolute atomic E-state index is 12.3. The molecule has 0 bridgehead atoms. The zero-order valence-corrected chi connectivity index (χ0v) is 15.4. The van der Waals surface area contributed by atoms with Crippen LogP contribution in [0.4, 0.5) is 5.69 Å². The highest BCUT2D eigenvalue weighted by Gasteiger charge is 2.26. The average Bonchev–Trinajstić information content (AvgIpc) is 3.08. The van der Waals surface area contributed by atoms with Crippen molar-refractivity contribution < 1.29 is 14.3 Å². The van der Waals surface area contributed by atoms with Gasteiger partial charge in [-0.1, -0.05) is 32.0 Å². The van der Waals surface area contributed by atoms with E-state index in [1.54, 1.807) is 25.3 Å². The van der Waals surface area contributed by atoms with Crippen LogP contribution in [-0.4, -0.2) is 25.5 Å². The summed E-state index contributed by atoms with van der Waals surface area (Å²) < 4.78 is 5.15. The van der Waals surface area contributed by atoms with Gasteiger partial charge in [0.05, 0.1) is 7.11 Å². The number of fused-ring (bicyclic) bond motifs is 1. The van der Waals surface area contributed by atoms with Gasteiger partial charge in [-0.15, -0.1) is 0 Å². The van der Waals surface area contributed by atoms with Crippen LogP contribution in [0.15, 0.2) is 42.5 Å². The second-order valence-electron chi connectivity index (χ2n) is 6.77. The number of hydrogen-bond acceptors (Lipinski definition) is 3. The monoisotopic (exact) mass is 352 g/mol. The lowest BCUT2D eigenvalue weighted by Crippen LogP contribution is -2.32. The van der Waals surface area contributed by atoms with Gasteiger partial charge in [-0.2, -0.15) is 0 Å². The van der Waals surface area contributed by atoms with E-state index in [4.69, 9.17) is 4.74 Å². The molecular weight excluding hydrogens is 328 g/mol. The number of amides is 2. The normalized spacial score (nSPS) is 12.8. The lowest BCUT2D eigenvalue weighted by Gasteiger charge is -2.19. The molecule has 2 aromatic carbocycles. The van der Waals surface area contributed by atoms with E-state index in [0.717, 1.165) is 29.8 Å². The zero-order valence-electron chi connectivity index (χ0n) is 15.4. The van der Waals surface area contributed by atoms with Crippen molar-refractivity contribution in [2.75, 3.05) is 18.6 Å². The molecule has 0 saturated heterocycles. The van der Waals surface area contributed by atoms with E-state index in [1.165, 1.54) is 0 Å². The number of ether oxygens (including phenoxy) is 1.